The van der Waals surface area contributed by atoms with E-state index in [0.29, 0.717) is 29.2 Å². The van der Waals surface area contributed by atoms with E-state index < -0.39 is 17.7 Å². The van der Waals surface area contributed by atoms with Gasteiger partial charge >= 0.3 is 6.18 Å². The standard InChI is InChI=1S/C23H24F4N6OS/c24-18-12-16(7-8-20(18)33-35-13-23(25,26)27)34-21-17(2-1-10-29-21)19-9-11-30-22(32-19)31-15-5-3-14(28)4-6-15/h1-2,7-12,14-15,33H,3-6,13,28H2,(H,30,31,32). The highest BCUT2D eigenvalue weighted by atomic mass is 32.2. The van der Waals surface area contributed by atoms with Crippen molar-refractivity contribution in [2.24, 2.45) is 5.73 Å². The zero-order valence-corrected chi connectivity index (χ0v) is 19.4. The molecule has 2 heterocycles. The second-order valence-corrected chi connectivity index (χ2v) is 8.91. The van der Waals surface area contributed by atoms with Crippen molar-refractivity contribution >= 4 is 23.6 Å². The van der Waals surface area contributed by atoms with Gasteiger partial charge in [-0.3, -0.25) is 0 Å². The smallest absolute Gasteiger partial charge is 0.399 e. The summed E-state index contributed by atoms with van der Waals surface area (Å²) in [5.41, 5.74) is 7.04. The number of nitrogens with zero attached hydrogens (tertiary/aromatic N) is 3. The molecule has 186 valence electrons. The Balaban J connectivity index is 1.46. The average Bonchev–Trinajstić information content (AvgIpc) is 2.82. The Morgan fingerprint density at radius 2 is 1.86 bits per heavy atom. The first-order valence-electron chi connectivity index (χ1n) is 11.0. The fourth-order valence-corrected chi connectivity index (χ4v) is 4.20. The van der Waals surface area contributed by atoms with Crippen LogP contribution in [0, 0.1) is 5.82 Å². The summed E-state index contributed by atoms with van der Waals surface area (Å²) in [6, 6.07) is 9.54. The quantitative estimate of drug-likeness (QED) is 0.260. The molecule has 4 N–H and O–H groups in total. The fraction of sp³-hybridized carbons (Fsp3) is 0.348. The van der Waals surface area contributed by atoms with Crippen LogP contribution in [0.1, 0.15) is 25.7 Å². The predicted molar refractivity (Wildman–Crippen MR) is 128 cm³/mol. The lowest BCUT2D eigenvalue weighted by Gasteiger charge is -2.26. The summed E-state index contributed by atoms with van der Waals surface area (Å²) >= 11 is 0.356. The van der Waals surface area contributed by atoms with Gasteiger partial charge in [0.1, 0.15) is 11.5 Å². The highest BCUT2D eigenvalue weighted by molar-refractivity contribution is 8.00. The number of hydrogen-bond donors (Lipinski definition) is 3. The average molecular weight is 509 g/mol. The van der Waals surface area contributed by atoms with Gasteiger partial charge in [-0.2, -0.15) is 13.2 Å². The zero-order valence-electron chi connectivity index (χ0n) is 18.6. The molecule has 35 heavy (non-hydrogen) atoms. The van der Waals surface area contributed by atoms with Crippen LogP contribution in [-0.2, 0) is 0 Å². The number of halogens is 4. The Hall–Kier alpha value is -3.12. The van der Waals surface area contributed by atoms with Crippen molar-refractivity contribution in [2.45, 2.75) is 43.9 Å². The van der Waals surface area contributed by atoms with Crippen LogP contribution >= 0.6 is 11.9 Å². The van der Waals surface area contributed by atoms with Crippen molar-refractivity contribution in [3.05, 3.63) is 54.6 Å². The van der Waals surface area contributed by atoms with Crippen molar-refractivity contribution < 1.29 is 22.3 Å². The van der Waals surface area contributed by atoms with Gasteiger partial charge in [0.2, 0.25) is 11.8 Å². The first kappa shape index (κ1) is 25.0. The number of nitrogens with two attached hydrogens (primary N) is 1. The molecule has 0 saturated heterocycles. The molecule has 0 aliphatic heterocycles. The topological polar surface area (TPSA) is 98.0 Å². The predicted octanol–water partition coefficient (Wildman–Crippen LogP) is 5.77. The summed E-state index contributed by atoms with van der Waals surface area (Å²) in [7, 11) is 0. The molecule has 1 fully saturated rings. The summed E-state index contributed by atoms with van der Waals surface area (Å²) in [4.78, 5) is 13.1. The second-order valence-electron chi connectivity index (χ2n) is 8.13. The van der Waals surface area contributed by atoms with E-state index >= 15 is 0 Å². The molecule has 0 unspecified atom stereocenters. The Bertz CT molecular complexity index is 1140. The minimum Gasteiger partial charge on any atom is -0.438 e. The lowest BCUT2D eigenvalue weighted by molar-refractivity contribution is -0.105. The summed E-state index contributed by atoms with van der Waals surface area (Å²) in [5.74, 6) is -1.08. The molecular weight excluding hydrogens is 484 g/mol. The van der Waals surface area contributed by atoms with Gasteiger partial charge in [-0.15, -0.1) is 0 Å². The van der Waals surface area contributed by atoms with E-state index in [9.17, 15) is 17.6 Å². The molecule has 0 atom stereocenters. The van der Waals surface area contributed by atoms with E-state index in [2.05, 4.69) is 25.0 Å². The molecule has 0 amide bonds. The van der Waals surface area contributed by atoms with Crippen LogP contribution in [0.2, 0.25) is 0 Å². The number of pyridine rings is 1. The monoisotopic (exact) mass is 508 g/mol. The Morgan fingerprint density at radius 1 is 1.06 bits per heavy atom. The van der Waals surface area contributed by atoms with Gasteiger partial charge in [0.05, 0.1) is 16.9 Å². The summed E-state index contributed by atoms with van der Waals surface area (Å²) in [5, 5.41) is 3.35. The van der Waals surface area contributed by atoms with Crippen LogP contribution in [0.4, 0.5) is 29.2 Å². The number of hydrogen-bond acceptors (Lipinski definition) is 8. The van der Waals surface area contributed by atoms with E-state index in [-0.39, 0.29) is 29.4 Å². The van der Waals surface area contributed by atoms with Gasteiger partial charge in [0, 0.05) is 30.5 Å². The molecule has 0 spiro atoms. The third-order valence-electron chi connectivity index (χ3n) is 5.38. The Morgan fingerprint density at radius 3 is 2.60 bits per heavy atom. The van der Waals surface area contributed by atoms with Gasteiger partial charge in [-0.05, 0) is 68.0 Å². The number of nitrogens with one attached hydrogen (secondary N) is 2. The van der Waals surface area contributed by atoms with Gasteiger partial charge in [0.15, 0.2) is 5.82 Å². The van der Waals surface area contributed by atoms with Crippen molar-refractivity contribution in [3.63, 3.8) is 0 Å². The maximum absolute atomic E-state index is 14.4. The molecule has 4 rings (SSSR count). The van der Waals surface area contributed by atoms with Crippen molar-refractivity contribution in [1.82, 2.24) is 15.0 Å². The summed E-state index contributed by atoms with van der Waals surface area (Å²) < 4.78 is 59.5. The molecule has 2 aromatic heterocycles. The second kappa shape index (κ2) is 11.1. The molecule has 12 heteroatoms. The SMILES string of the molecule is NC1CCC(Nc2nccc(-c3cccnc3Oc3ccc(NSCC(F)(F)F)c(F)c3)n2)CC1. The van der Waals surface area contributed by atoms with Crippen LogP contribution in [0.5, 0.6) is 11.6 Å². The molecule has 7 nitrogen and oxygen atoms in total. The van der Waals surface area contributed by atoms with Crippen molar-refractivity contribution in [2.75, 3.05) is 15.8 Å². The third-order valence-corrected chi connectivity index (χ3v) is 6.22. The van der Waals surface area contributed by atoms with E-state index in [1.54, 1.807) is 24.4 Å². The normalized spacial score (nSPS) is 18.2. The zero-order chi connectivity index (χ0) is 24.8. The van der Waals surface area contributed by atoms with Gasteiger partial charge in [-0.1, -0.05) is 0 Å². The lowest BCUT2D eigenvalue weighted by Crippen LogP contribution is -2.33. The van der Waals surface area contributed by atoms with Gasteiger partial charge < -0.3 is 20.5 Å². The van der Waals surface area contributed by atoms with Crippen LogP contribution in [0.15, 0.2) is 48.8 Å². The number of aromatic nitrogens is 3. The number of ether oxygens (including phenoxy) is 1. The minimum absolute atomic E-state index is 0.0805. The first-order valence-corrected chi connectivity index (χ1v) is 12.0. The third kappa shape index (κ3) is 7.18. The van der Waals surface area contributed by atoms with E-state index in [1.807, 2.05) is 0 Å². The Kier molecular flexibility index (Phi) is 7.91. The number of rotatable bonds is 8. The van der Waals surface area contributed by atoms with E-state index in [4.69, 9.17) is 10.5 Å². The molecule has 0 bridgehead atoms. The number of alkyl halides is 3. The molecule has 1 aromatic carbocycles. The molecule has 0 radical (unpaired) electrons. The molecular formula is C23H24F4N6OS. The van der Waals surface area contributed by atoms with Crippen LogP contribution in [-0.4, -0.2) is 39.0 Å². The molecule has 1 saturated carbocycles. The Labute approximate surface area is 204 Å². The first-order chi connectivity index (χ1) is 16.8. The highest BCUT2D eigenvalue weighted by Crippen LogP contribution is 2.33. The maximum atomic E-state index is 14.4. The number of anilines is 2. The summed E-state index contributed by atoms with van der Waals surface area (Å²) in [6.45, 7) is 0. The maximum Gasteiger partial charge on any atom is 0.399 e. The minimum atomic E-state index is -4.35. The van der Waals surface area contributed by atoms with Crippen LogP contribution < -0.4 is 20.5 Å². The van der Waals surface area contributed by atoms with Crippen molar-refractivity contribution in [3.8, 4) is 22.9 Å². The van der Waals surface area contributed by atoms with Crippen LogP contribution in [0.3, 0.4) is 0 Å². The largest absolute Gasteiger partial charge is 0.438 e. The summed E-state index contributed by atoms with van der Waals surface area (Å²) in [6.07, 6.45) is 2.60. The molecule has 1 aliphatic rings. The van der Waals surface area contributed by atoms with E-state index in [1.165, 1.54) is 18.3 Å². The van der Waals surface area contributed by atoms with Crippen molar-refractivity contribution in [1.29, 1.82) is 0 Å². The van der Waals surface area contributed by atoms with Gasteiger partial charge in [0.25, 0.3) is 0 Å². The molecule has 3 aromatic rings. The van der Waals surface area contributed by atoms with Crippen LogP contribution in [0.25, 0.3) is 11.3 Å². The van der Waals surface area contributed by atoms with Gasteiger partial charge in [-0.25, -0.2) is 19.3 Å². The number of benzene rings is 1. The highest BCUT2D eigenvalue weighted by Gasteiger charge is 2.27. The van der Waals surface area contributed by atoms with E-state index in [0.717, 1.165) is 31.7 Å². The molecule has 1 aliphatic carbocycles. The lowest BCUT2D eigenvalue weighted by atomic mass is 9.92. The fourth-order valence-electron chi connectivity index (χ4n) is 3.64.